The Kier molecular flexibility index (Phi) is 4.01. The van der Waals surface area contributed by atoms with Crippen LogP contribution in [0, 0.1) is 11.6 Å². The second kappa shape index (κ2) is 5.71. The Morgan fingerprint density at radius 1 is 1.26 bits per heavy atom. The van der Waals surface area contributed by atoms with Gasteiger partial charge in [-0.05, 0) is 25.2 Å². The molecule has 1 heterocycles. The third kappa shape index (κ3) is 3.03. The summed E-state index contributed by atoms with van der Waals surface area (Å²) in [6.07, 6.45) is 1.60. The summed E-state index contributed by atoms with van der Waals surface area (Å²) in [4.78, 5) is 9.93. The Labute approximate surface area is 110 Å². The summed E-state index contributed by atoms with van der Waals surface area (Å²) in [5, 5.41) is 2.94. The van der Waals surface area contributed by atoms with Gasteiger partial charge in [-0.1, -0.05) is 0 Å². The Balaban J connectivity index is 2.32. The molecule has 6 heteroatoms. The second-order valence-corrected chi connectivity index (χ2v) is 4.02. The van der Waals surface area contributed by atoms with E-state index in [4.69, 9.17) is 0 Å². The molecule has 0 unspecified atom stereocenters. The summed E-state index contributed by atoms with van der Waals surface area (Å²) >= 11 is 0. The minimum Gasteiger partial charge on any atom is -0.327 e. The van der Waals surface area contributed by atoms with Crippen molar-refractivity contribution in [2.75, 3.05) is 19.0 Å². The average Bonchev–Trinajstić information content (AvgIpc) is 2.39. The largest absolute Gasteiger partial charge is 0.327 e. The molecule has 19 heavy (non-hydrogen) atoms. The standard InChI is InChI=1S/C13H14F2N4/c1-16-8-12-17-6-5-13(18-12)19(2)11-4-3-9(14)7-10(11)15/h3-7,16H,8H2,1-2H3. The summed E-state index contributed by atoms with van der Waals surface area (Å²) < 4.78 is 26.6. The molecule has 4 nitrogen and oxygen atoms in total. The molecule has 1 aromatic heterocycles. The fourth-order valence-electron chi connectivity index (χ4n) is 1.70. The summed E-state index contributed by atoms with van der Waals surface area (Å²) in [7, 11) is 3.46. The molecular formula is C13H14F2N4. The van der Waals surface area contributed by atoms with Crippen LogP contribution < -0.4 is 10.2 Å². The monoisotopic (exact) mass is 264 g/mol. The van der Waals surface area contributed by atoms with Gasteiger partial charge in [-0.2, -0.15) is 0 Å². The van der Waals surface area contributed by atoms with Gasteiger partial charge in [-0.3, -0.25) is 0 Å². The Morgan fingerprint density at radius 2 is 2.05 bits per heavy atom. The minimum absolute atomic E-state index is 0.260. The molecule has 2 aromatic rings. The zero-order valence-electron chi connectivity index (χ0n) is 10.7. The first-order valence-corrected chi connectivity index (χ1v) is 5.77. The lowest BCUT2D eigenvalue weighted by Gasteiger charge is -2.19. The number of nitrogens with one attached hydrogen (secondary N) is 1. The van der Waals surface area contributed by atoms with Crippen LogP contribution in [0.2, 0.25) is 0 Å². The van der Waals surface area contributed by atoms with E-state index < -0.39 is 11.6 Å². The number of benzene rings is 1. The Morgan fingerprint density at radius 3 is 2.74 bits per heavy atom. The van der Waals surface area contributed by atoms with E-state index >= 15 is 0 Å². The Bertz CT molecular complexity index is 574. The van der Waals surface area contributed by atoms with Gasteiger partial charge < -0.3 is 10.2 Å². The number of aromatic nitrogens is 2. The van der Waals surface area contributed by atoms with Crippen molar-refractivity contribution in [1.82, 2.24) is 15.3 Å². The van der Waals surface area contributed by atoms with Crippen LogP contribution in [0.5, 0.6) is 0 Å². The van der Waals surface area contributed by atoms with Crippen molar-refractivity contribution in [1.29, 1.82) is 0 Å². The van der Waals surface area contributed by atoms with Crippen LogP contribution in [0.15, 0.2) is 30.5 Å². The molecule has 0 amide bonds. The van der Waals surface area contributed by atoms with Gasteiger partial charge in [0, 0.05) is 19.3 Å². The molecule has 0 saturated heterocycles. The molecule has 0 aliphatic carbocycles. The molecule has 0 spiro atoms. The van der Waals surface area contributed by atoms with E-state index in [1.807, 2.05) is 0 Å². The van der Waals surface area contributed by atoms with E-state index in [9.17, 15) is 8.78 Å². The van der Waals surface area contributed by atoms with Crippen LogP contribution in [-0.2, 0) is 6.54 Å². The van der Waals surface area contributed by atoms with Crippen LogP contribution in [0.1, 0.15) is 5.82 Å². The van der Waals surface area contributed by atoms with Gasteiger partial charge in [0.25, 0.3) is 0 Å². The zero-order valence-corrected chi connectivity index (χ0v) is 10.7. The number of nitrogens with zero attached hydrogens (tertiary/aromatic N) is 3. The molecule has 0 radical (unpaired) electrons. The van der Waals surface area contributed by atoms with Crippen molar-refractivity contribution in [2.45, 2.75) is 6.54 Å². The lowest BCUT2D eigenvalue weighted by molar-refractivity contribution is 0.583. The van der Waals surface area contributed by atoms with E-state index in [2.05, 4.69) is 15.3 Å². The lowest BCUT2D eigenvalue weighted by Crippen LogP contribution is -2.16. The van der Waals surface area contributed by atoms with E-state index in [0.29, 0.717) is 18.2 Å². The van der Waals surface area contributed by atoms with Gasteiger partial charge in [0.2, 0.25) is 0 Å². The fraction of sp³-hybridized carbons (Fsp3) is 0.231. The van der Waals surface area contributed by atoms with Gasteiger partial charge in [0.05, 0.1) is 12.2 Å². The van der Waals surface area contributed by atoms with Crippen molar-refractivity contribution in [3.05, 3.63) is 47.9 Å². The molecule has 0 atom stereocenters. The second-order valence-electron chi connectivity index (χ2n) is 4.02. The first kappa shape index (κ1) is 13.4. The van der Waals surface area contributed by atoms with Crippen molar-refractivity contribution < 1.29 is 8.78 Å². The molecular weight excluding hydrogens is 250 g/mol. The normalized spacial score (nSPS) is 10.5. The van der Waals surface area contributed by atoms with E-state index in [0.717, 1.165) is 6.07 Å². The third-order valence-corrected chi connectivity index (χ3v) is 2.64. The van der Waals surface area contributed by atoms with Gasteiger partial charge in [-0.15, -0.1) is 0 Å². The molecule has 0 saturated carbocycles. The van der Waals surface area contributed by atoms with Crippen LogP contribution in [-0.4, -0.2) is 24.1 Å². The first-order chi connectivity index (χ1) is 9.11. The van der Waals surface area contributed by atoms with Crippen LogP contribution >= 0.6 is 0 Å². The summed E-state index contributed by atoms with van der Waals surface area (Å²) in [6.45, 7) is 0.521. The molecule has 1 aromatic carbocycles. The molecule has 2 rings (SSSR count). The maximum Gasteiger partial charge on any atom is 0.149 e. The summed E-state index contributed by atoms with van der Waals surface area (Å²) in [5.41, 5.74) is 0.260. The highest BCUT2D eigenvalue weighted by Gasteiger charge is 2.12. The minimum atomic E-state index is -0.628. The average molecular weight is 264 g/mol. The summed E-state index contributed by atoms with van der Waals surface area (Å²) in [5.74, 6) is -0.0791. The predicted octanol–water partition coefficient (Wildman–Crippen LogP) is 2.24. The third-order valence-electron chi connectivity index (χ3n) is 2.64. The highest BCUT2D eigenvalue weighted by Crippen LogP contribution is 2.24. The highest BCUT2D eigenvalue weighted by atomic mass is 19.1. The molecule has 0 bridgehead atoms. The van der Waals surface area contributed by atoms with E-state index in [1.165, 1.54) is 12.1 Å². The van der Waals surface area contributed by atoms with Gasteiger partial charge in [-0.25, -0.2) is 18.7 Å². The van der Waals surface area contributed by atoms with Crippen molar-refractivity contribution in [3.8, 4) is 0 Å². The molecule has 100 valence electrons. The van der Waals surface area contributed by atoms with Crippen molar-refractivity contribution in [2.24, 2.45) is 0 Å². The molecule has 0 aliphatic heterocycles. The topological polar surface area (TPSA) is 41.1 Å². The SMILES string of the molecule is CNCc1nccc(N(C)c2ccc(F)cc2F)n1. The lowest BCUT2D eigenvalue weighted by atomic mass is 10.2. The maximum absolute atomic E-state index is 13.7. The number of rotatable bonds is 4. The smallest absolute Gasteiger partial charge is 0.149 e. The number of anilines is 2. The van der Waals surface area contributed by atoms with E-state index in [-0.39, 0.29) is 5.69 Å². The first-order valence-electron chi connectivity index (χ1n) is 5.77. The molecule has 0 aliphatic rings. The van der Waals surface area contributed by atoms with Gasteiger partial charge >= 0.3 is 0 Å². The number of hydrogen-bond donors (Lipinski definition) is 1. The van der Waals surface area contributed by atoms with Crippen molar-refractivity contribution in [3.63, 3.8) is 0 Å². The van der Waals surface area contributed by atoms with Crippen LogP contribution in [0.25, 0.3) is 0 Å². The predicted molar refractivity (Wildman–Crippen MR) is 69.2 cm³/mol. The van der Waals surface area contributed by atoms with Crippen LogP contribution in [0.4, 0.5) is 20.3 Å². The molecule has 0 fully saturated rings. The Hall–Kier alpha value is -2.08. The van der Waals surface area contributed by atoms with Gasteiger partial charge in [0.1, 0.15) is 23.3 Å². The fourth-order valence-corrected chi connectivity index (χ4v) is 1.70. The zero-order chi connectivity index (χ0) is 13.8. The molecule has 1 N–H and O–H groups in total. The quantitative estimate of drug-likeness (QED) is 0.919. The maximum atomic E-state index is 13.7. The summed E-state index contributed by atoms with van der Waals surface area (Å²) in [6, 6.07) is 5.11. The highest BCUT2D eigenvalue weighted by molar-refractivity contribution is 5.59. The number of hydrogen-bond acceptors (Lipinski definition) is 4. The van der Waals surface area contributed by atoms with Crippen LogP contribution in [0.3, 0.4) is 0 Å². The van der Waals surface area contributed by atoms with Gasteiger partial charge in [0.15, 0.2) is 0 Å². The van der Waals surface area contributed by atoms with E-state index in [1.54, 1.807) is 31.3 Å². The number of halogens is 2. The van der Waals surface area contributed by atoms with Crippen molar-refractivity contribution >= 4 is 11.5 Å².